The Balaban J connectivity index is 0.000000360. The van der Waals surface area contributed by atoms with E-state index in [0.29, 0.717) is 19.6 Å². The Bertz CT molecular complexity index is 1740. The molecule has 0 heterocycles. The Morgan fingerprint density at radius 1 is 0.245 bits per heavy atom. The van der Waals surface area contributed by atoms with Gasteiger partial charge in [0.1, 0.15) is 0 Å². The quantitative estimate of drug-likeness (QED) is 0.117. The van der Waals surface area contributed by atoms with Gasteiger partial charge in [-0.05, 0) is 21.6 Å². The normalized spacial score (nSPS) is 10.7. The molecule has 0 atom stereocenters. The van der Waals surface area contributed by atoms with Crippen LogP contribution in [0.15, 0.2) is 67.5 Å². The van der Waals surface area contributed by atoms with E-state index in [1.807, 2.05) is 0 Å². The summed E-state index contributed by atoms with van der Waals surface area (Å²) in [5.74, 6) is 0. The van der Waals surface area contributed by atoms with Crippen molar-refractivity contribution in [3.63, 3.8) is 0 Å². The highest BCUT2D eigenvalue weighted by Crippen LogP contribution is 2.58. The summed E-state index contributed by atoms with van der Waals surface area (Å²) in [5, 5.41) is 8.61. The van der Waals surface area contributed by atoms with E-state index in [4.69, 9.17) is 186 Å². The molecule has 21 heteroatoms. The molecule has 0 spiro atoms. The molecule has 284 valence electrons. The van der Waals surface area contributed by atoms with Crippen molar-refractivity contribution in [2.45, 2.75) is 19.6 Å². The number of halogens is 16. The number of benzene rings is 4. The van der Waals surface area contributed by atoms with E-state index in [-0.39, 0.29) is 108 Å². The second-order valence-electron chi connectivity index (χ2n) is 8.98. The maximum absolute atomic E-state index is 6.45. The van der Waals surface area contributed by atoms with Crippen LogP contribution in [0, 0.1) is 0 Å². The van der Waals surface area contributed by atoms with Gasteiger partial charge in [0.05, 0.1) is 99.9 Å². The van der Waals surface area contributed by atoms with Crippen LogP contribution < -0.4 is 0 Å². The highest BCUT2D eigenvalue weighted by atomic mass is 35.5. The third-order valence-electron chi connectivity index (χ3n) is 6.20. The molecule has 0 saturated heterocycles. The predicted octanol–water partition coefficient (Wildman–Crippen LogP) is 21.3. The number of hydrogen-bond donors (Lipinski definition) is 0. The molecule has 0 unspecified atom stereocenters. The van der Waals surface area contributed by atoms with E-state index in [2.05, 4.69) is 26.3 Å². The number of hydrogen-bond acceptors (Lipinski definition) is 4. The van der Waals surface area contributed by atoms with E-state index in [0.717, 1.165) is 0 Å². The Morgan fingerprint density at radius 3 is 0.453 bits per heavy atom. The fourth-order valence-electron chi connectivity index (χ4n) is 4.07. The van der Waals surface area contributed by atoms with Gasteiger partial charge in [0, 0.05) is 22.3 Å². The van der Waals surface area contributed by atoms with Gasteiger partial charge in [0.25, 0.3) is 0 Å². The van der Waals surface area contributed by atoms with Gasteiger partial charge in [-0.1, -0.05) is 259 Å². The lowest BCUT2D eigenvalue weighted by molar-refractivity contribution is 0.824. The molecule has 0 aromatic heterocycles. The van der Waals surface area contributed by atoms with Crippen molar-refractivity contribution in [1.82, 2.24) is 0 Å². The van der Waals surface area contributed by atoms with Gasteiger partial charge in [-0.2, -0.15) is 0 Å². The Kier molecular flexibility index (Phi) is 21.6. The van der Waals surface area contributed by atoms with Crippen molar-refractivity contribution in [2.75, 3.05) is 0 Å². The van der Waals surface area contributed by atoms with Crippen molar-refractivity contribution in [2.24, 2.45) is 0 Å². The van der Waals surface area contributed by atoms with Gasteiger partial charge in [0.15, 0.2) is 0 Å². The minimum Gasteiger partial charge on any atom is -0.412 e. The lowest BCUT2D eigenvalue weighted by Gasteiger charge is -2.19. The average molecular weight is 1110 g/mol. The van der Waals surface area contributed by atoms with Gasteiger partial charge < -0.3 is 5.48 Å². The van der Waals surface area contributed by atoms with Crippen molar-refractivity contribution >= 4 is 233 Å². The van der Waals surface area contributed by atoms with Gasteiger partial charge in [-0.3, -0.25) is 0 Å². The summed E-state index contributed by atoms with van der Waals surface area (Å²) in [5.41, 5.74) is 0.966. The molecule has 0 radical (unpaired) electrons. The van der Waals surface area contributed by atoms with Crippen LogP contribution in [0.25, 0.3) is 22.3 Å². The minimum atomic E-state index is 0. The van der Waals surface area contributed by atoms with Gasteiger partial charge in [-0.25, -0.2) is 0 Å². The standard InChI is InChI=1S/2C16H6Cl8S2.H2O/c2*1-3-25-15-11(21)7(17)5(8(18)12(15)22)6-9(19)13(23)16(26-4-2)14(24)10(6)20;/h2*3-4H,1-2H2;1H2. The van der Waals surface area contributed by atoms with Crippen LogP contribution in [0.5, 0.6) is 0 Å². The molecule has 0 aliphatic rings. The monoisotopic (exact) mass is 1100 g/mol. The zero-order valence-electron chi connectivity index (χ0n) is 25.3. The summed E-state index contributed by atoms with van der Waals surface area (Å²) in [7, 11) is 0. The van der Waals surface area contributed by atoms with E-state index in [1.54, 1.807) is 21.6 Å². The molecule has 0 saturated carbocycles. The zero-order chi connectivity index (χ0) is 39.5. The first-order valence-corrected chi connectivity index (χ1v) is 22.5. The zero-order valence-corrected chi connectivity index (χ0v) is 40.7. The molecule has 1 nitrogen and oxygen atoms in total. The molecule has 0 amide bonds. The molecular formula is C32H14Cl16OS4. The SMILES string of the molecule is C=CSc1c(Cl)c(Cl)c(-c2c(Cl)c(Cl)c(SC=C)c(Cl)c2Cl)c(Cl)c1Cl.C=CSc1c(Cl)c(Cl)c(-c2c(Cl)c(Cl)c(SC=C)c(Cl)c2Cl)c(Cl)c1Cl.O. The van der Waals surface area contributed by atoms with Crippen LogP contribution in [0.3, 0.4) is 0 Å². The van der Waals surface area contributed by atoms with E-state index in [1.165, 1.54) is 47.0 Å². The molecule has 4 aromatic carbocycles. The fraction of sp³-hybridized carbons (Fsp3) is 0. The molecule has 4 rings (SSSR count). The van der Waals surface area contributed by atoms with Crippen molar-refractivity contribution < 1.29 is 5.48 Å². The molecule has 4 aromatic rings. The first-order chi connectivity index (χ1) is 24.4. The Hall–Kier alpha value is 1.84. The third-order valence-corrected chi connectivity index (χ3v) is 17.2. The second-order valence-corrected chi connectivity index (χ2v) is 18.9. The van der Waals surface area contributed by atoms with Crippen LogP contribution in [0.4, 0.5) is 0 Å². The number of rotatable bonds is 10. The lowest BCUT2D eigenvalue weighted by Crippen LogP contribution is -1.93. The maximum atomic E-state index is 6.45. The molecule has 2 N–H and O–H groups in total. The van der Waals surface area contributed by atoms with Crippen LogP contribution in [0.1, 0.15) is 0 Å². The van der Waals surface area contributed by atoms with Crippen LogP contribution in [0.2, 0.25) is 80.4 Å². The molecule has 0 aliphatic heterocycles. The van der Waals surface area contributed by atoms with Crippen molar-refractivity contribution in [3.8, 4) is 22.3 Å². The van der Waals surface area contributed by atoms with Crippen LogP contribution in [-0.2, 0) is 0 Å². The summed E-state index contributed by atoms with van der Waals surface area (Å²) < 4.78 is 0. The van der Waals surface area contributed by atoms with Gasteiger partial charge in [-0.15, -0.1) is 0 Å². The van der Waals surface area contributed by atoms with Gasteiger partial charge >= 0.3 is 0 Å². The molecular weight excluding hydrogens is 1100 g/mol. The Morgan fingerprint density at radius 2 is 0.358 bits per heavy atom. The van der Waals surface area contributed by atoms with Crippen LogP contribution >= 0.6 is 233 Å². The molecule has 53 heavy (non-hydrogen) atoms. The molecule has 0 aliphatic carbocycles. The summed E-state index contributed by atoms with van der Waals surface area (Å²) >= 11 is 107. The predicted molar refractivity (Wildman–Crippen MR) is 252 cm³/mol. The molecule has 0 bridgehead atoms. The number of thioether (sulfide) groups is 4. The first-order valence-electron chi connectivity index (χ1n) is 12.9. The van der Waals surface area contributed by atoms with Crippen molar-refractivity contribution in [3.05, 3.63) is 128 Å². The van der Waals surface area contributed by atoms with Crippen LogP contribution in [-0.4, -0.2) is 5.48 Å². The first kappa shape index (κ1) is 51.0. The van der Waals surface area contributed by atoms with E-state index in [9.17, 15) is 0 Å². The minimum absolute atomic E-state index is 0. The highest BCUT2D eigenvalue weighted by molar-refractivity contribution is 8.03. The summed E-state index contributed by atoms with van der Waals surface area (Å²) in [6, 6.07) is 0. The lowest BCUT2D eigenvalue weighted by atomic mass is 10.0. The summed E-state index contributed by atoms with van der Waals surface area (Å²) in [4.78, 5) is 1.85. The summed E-state index contributed by atoms with van der Waals surface area (Å²) in [6.07, 6.45) is 0. The second kappa shape index (κ2) is 22.4. The largest absolute Gasteiger partial charge is 0.412 e. The summed E-state index contributed by atoms with van der Waals surface area (Å²) in [6.45, 7) is 14.5. The highest BCUT2D eigenvalue weighted by Gasteiger charge is 2.30. The average Bonchev–Trinajstić information content (AvgIpc) is 3.12. The molecule has 0 fully saturated rings. The van der Waals surface area contributed by atoms with E-state index < -0.39 is 0 Å². The third kappa shape index (κ3) is 10.4. The van der Waals surface area contributed by atoms with E-state index >= 15 is 0 Å². The van der Waals surface area contributed by atoms with Gasteiger partial charge in [0.2, 0.25) is 0 Å². The topological polar surface area (TPSA) is 31.5 Å². The maximum Gasteiger partial charge on any atom is 0.0754 e. The Labute approximate surface area is 403 Å². The smallest absolute Gasteiger partial charge is 0.0754 e. The van der Waals surface area contributed by atoms with Crippen molar-refractivity contribution in [1.29, 1.82) is 0 Å². The fourth-order valence-corrected chi connectivity index (χ4v) is 12.1.